The van der Waals surface area contributed by atoms with Gasteiger partial charge in [-0.3, -0.25) is 0 Å². The van der Waals surface area contributed by atoms with E-state index in [1.54, 1.807) is 10.6 Å². The van der Waals surface area contributed by atoms with Gasteiger partial charge >= 0.3 is 0 Å². The first-order valence-corrected chi connectivity index (χ1v) is 4.62. The first-order valence-electron chi connectivity index (χ1n) is 4.24. The lowest BCUT2D eigenvalue weighted by molar-refractivity contribution is 0.935. The van der Waals surface area contributed by atoms with Crippen LogP contribution in [0.1, 0.15) is 19.5 Å². The monoisotopic (exact) mass is 197 g/mol. The van der Waals surface area contributed by atoms with Crippen LogP contribution in [0, 0.1) is 6.92 Å². The Morgan fingerprint density at radius 3 is 2.69 bits per heavy atom. The van der Waals surface area contributed by atoms with E-state index < -0.39 is 0 Å². The summed E-state index contributed by atoms with van der Waals surface area (Å²) in [5.74, 6) is 0. The summed E-state index contributed by atoms with van der Waals surface area (Å²) in [6.07, 6.45) is 1.83. The van der Waals surface area contributed by atoms with Crippen LogP contribution in [0.15, 0.2) is 18.3 Å². The van der Waals surface area contributed by atoms with Crippen LogP contribution in [0.25, 0.3) is 5.65 Å². The number of hydrogen-bond donors (Lipinski definition) is 0. The molecule has 0 spiro atoms. The van der Waals surface area contributed by atoms with Gasteiger partial charge in [0.2, 0.25) is 0 Å². The molecule has 0 fully saturated rings. The lowest BCUT2D eigenvalue weighted by Crippen LogP contribution is -1.88. The third-order valence-corrected chi connectivity index (χ3v) is 1.61. The van der Waals surface area contributed by atoms with E-state index in [-0.39, 0.29) is 0 Å². The molecule has 4 heteroatoms. The predicted molar refractivity (Wildman–Crippen MR) is 54.1 cm³/mol. The van der Waals surface area contributed by atoms with Crippen molar-refractivity contribution in [3.05, 3.63) is 29.2 Å². The molecule has 0 bridgehead atoms. The number of halogens is 1. The Bertz CT molecular complexity index is 395. The van der Waals surface area contributed by atoms with E-state index in [4.69, 9.17) is 11.6 Å². The molecule has 2 rings (SSSR count). The average Bonchev–Trinajstić information content (AvgIpc) is 2.48. The highest BCUT2D eigenvalue weighted by Gasteiger charge is 1.97. The van der Waals surface area contributed by atoms with E-state index >= 15 is 0 Å². The summed E-state index contributed by atoms with van der Waals surface area (Å²) in [6, 6.07) is 3.56. The molecule has 2 aromatic rings. The van der Waals surface area contributed by atoms with Gasteiger partial charge in [0.1, 0.15) is 5.15 Å². The second kappa shape index (κ2) is 4.23. The molecule has 0 aromatic carbocycles. The SMILES string of the molecule is CC.Cc1cn2nc(Cl)ccc2n1. The maximum absolute atomic E-state index is 5.67. The molecule has 0 saturated heterocycles. The Morgan fingerprint density at radius 2 is 2.00 bits per heavy atom. The predicted octanol–water partition coefficient (Wildman–Crippen LogP) is 2.72. The fourth-order valence-electron chi connectivity index (χ4n) is 0.977. The number of rotatable bonds is 0. The summed E-state index contributed by atoms with van der Waals surface area (Å²) in [5, 5.41) is 4.50. The number of aromatic nitrogens is 3. The zero-order valence-corrected chi connectivity index (χ0v) is 8.71. The minimum atomic E-state index is 0.481. The summed E-state index contributed by atoms with van der Waals surface area (Å²) in [6.45, 7) is 5.92. The van der Waals surface area contributed by atoms with Gasteiger partial charge < -0.3 is 0 Å². The highest BCUT2D eigenvalue weighted by atomic mass is 35.5. The highest BCUT2D eigenvalue weighted by Crippen LogP contribution is 2.06. The zero-order chi connectivity index (χ0) is 9.84. The average molecular weight is 198 g/mol. The van der Waals surface area contributed by atoms with Gasteiger partial charge in [0.25, 0.3) is 0 Å². The second-order valence-corrected chi connectivity index (χ2v) is 2.73. The third-order valence-electron chi connectivity index (χ3n) is 1.41. The summed E-state index contributed by atoms with van der Waals surface area (Å²) in [5.41, 5.74) is 1.77. The summed E-state index contributed by atoms with van der Waals surface area (Å²) < 4.78 is 1.66. The first-order chi connectivity index (χ1) is 6.25. The van der Waals surface area contributed by atoms with Crippen molar-refractivity contribution in [3.63, 3.8) is 0 Å². The van der Waals surface area contributed by atoms with E-state index in [1.165, 1.54) is 0 Å². The number of imidazole rings is 1. The van der Waals surface area contributed by atoms with Gasteiger partial charge in [-0.15, -0.1) is 0 Å². The summed E-state index contributed by atoms with van der Waals surface area (Å²) >= 11 is 5.67. The molecule has 70 valence electrons. The van der Waals surface area contributed by atoms with E-state index in [9.17, 15) is 0 Å². The molecule has 0 saturated carbocycles. The van der Waals surface area contributed by atoms with Gasteiger partial charge in [0.05, 0.1) is 11.9 Å². The largest absolute Gasteiger partial charge is 0.232 e. The van der Waals surface area contributed by atoms with Crippen LogP contribution in [0.2, 0.25) is 5.15 Å². The van der Waals surface area contributed by atoms with Crippen molar-refractivity contribution < 1.29 is 0 Å². The van der Waals surface area contributed by atoms with Crippen LogP contribution in [-0.2, 0) is 0 Å². The number of nitrogens with zero attached hydrogens (tertiary/aromatic N) is 3. The Hall–Kier alpha value is -1.09. The molecule has 0 atom stereocenters. The molecule has 13 heavy (non-hydrogen) atoms. The van der Waals surface area contributed by atoms with Crippen LogP contribution in [0.5, 0.6) is 0 Å². The molecule has 0 radical (unpaired) electrons. The standard InChI is InChI=1S/C7H6ClN3.C2H6/c1-5-4-11-7(9-5)3-2-6(8)10-11;1-2/h2-4H,1H3;1-2H3. The van der Waals surface area contributed by atoms with Gasteiger partial charge in [-0.2, -0.15) is 5.10 Å². The Morgan fingerprint density at radius 1 is 1.31 bits per heavy atom. The Balaban J connectivity index is 0.000000396. The number of hydrogen-bond acceptors (Lipinski definition) is 2. The highest BCUT2D eigenvalue weighted by molar-refractivity contribution is 6.29. The molecule has 0 amide bonds. The van der Waals surface area contributed by atoms with Crippen LogP contribution >= 0.6 is 11.6 Å². The lowest BCUT2D eigenvalue weighted by Gasteiger charge is -1.89. The van der Waals surface area contributed by atoms with E-state index in [0.29, 0.717) is 5.15 Å². The van der Waals surface area contributed by atoms with Gasteiger partial charge in [0, 0.05) is 0 Å². The minimum Gasteiger partial charge on any atom is -0.232 e. The zero-order valence-electron chi connectivity index (χ0n) is 7.95. The van der Waals surface area contributed by atoms with Gasteiger partial charge in [0.15, 0.2) is 5.65 Å². The molecule has 0 aliphatic heterocycles. The van der Waals surface area contributed by atoms with Crippen LogP contribution < -0.4 is 0 Å². The molecular weight excluding hydrogens is 186 g/mol. The van der Waals surface area contributed by atoms with Crippen LogP contribution in [-0.4, -0.2) is 14.6 Å². The third kappa shape index (κ3) is 2.18. The van der Waals surface area contributed by atoms with Crippen molar-refractivity contribution in [3.8, 4) is 0 Å². The smallest absolute Gasteiger partial charge is 0.153 e. The molecule has 0 N–H and O–H groups in total. The van der Waals surface area contributed by atoms with Gasteiger partial charge in [-0.25, -0.2) is 9.50 Å². The molecule has 3 nitrogen and oxygen atoms in total. The van der Waals surface area contributed by atoms with Crippen molar-refractivity contribution in [2.45, 2.75) is 20.8 Å². The molecule has 2 aromatic heterocycles. The Kier molecular flexibility index (Phi) is 3.25. The number of fused-ring (bicyclic) bond motifs is 1. The van der Waals surface area contributed by atoms with E-state index in [1.807, 2.05) is 33.0 Å². The Labute approximate surface area is 82.4 Å². The molecule has 0 aliphatic rings. The summed E-state index contributed by atoms with van der Waals surface area (Å²) in [4.78, 5) is 4.20. The fourth-order valence-corrected chi connectivity index (χ4v) is 1.12. The molecule has 2 heterocycles. The maximum Gasteiger partial charge on any atom is 0.153 e. The van der Waals surface area contributed by atoms with Crippen LogP contribution in [0.3, 0.4) is 0 Å². The quantitative estimate of drug-likeness (QED) is 0.650. The van der Waals surface area contributed by atoms with Gasteiger partial charge in [-0.1, -0.05) is 25.4 Å². The van der Waals surface area contributed by atoms with Crippen molar-refractivity contribution in [1.29, 1.82) is 0 Å². The minimum absolute atomic E-state index is 0.481. The lowest BCUT2D eigenvalue weighted by atomic mass is 10.6. The van der Waals surface area contributed by atoms with Crippen molar-refractivity contribution in [2.24, 2.45) is 0 Å². The fraction of sp³-hybridized carbons (Fsp3) is 0.333. The van der Waals surface area contributed by atoms with Crippen molar-refractivity contribution in [1.82, 2.24) is 14.6 Å². The maximum atomic E-state index is 5.67. The molecular formula is C9H12ClN3. The topological polar surface area (TPSA) is 30.2 Å². The normalized spacial score (nSPS) is 9.54. The molecule has 0 aliphatic carbocycles. The van der Waals surface area contributed by atoms with Crippen LogP contribution in [0.4, 0.5) is 0 Å². The molecule has 0 unspecified atom stereocenters. The van der Waals surface area contributed by atoms with E-state index in [2.05, 4.69) is 10.1 Å². The number of aryl methyl sites for hydroxylation is 1. The summed E-state index contributed by atoms with van der Waals surface area (Å²) in [7, 11) is 0. The second-order valence-electron chi connectivity index (χ2n) is 2.34. The van der Waals surface area contributed by atoms with Crippen molar-refractivity contribution >= 4 is 17.2 Å². The first kappa shape index (κ1) is 9.99. The van der Waals surface area contributed by atoms with E-state index in [0.717, 1.165) is 11.3 Å². The van der Waals surface area contributed by atoms with Gasteiger partial charge in [-0.05, 0) is 19.1 Å². The van der Waals surface area contributed by atoms with Crippen molar-refractivity contribution in [2.75, 3.05) is 0 Å².